The van der Waals surface area contributed by atoms with Crippen LogP contribution in [0.5, 0.6) is 0 Å². The molecule has 0 amide bonds. The highest BCUT2D eigenvalue weighted by Gasteiger charge is 2.07. The molecule has 8 heavy (non-hydrogen) atoms. The van der Waals surface area contributed by atoms with Crippen LogP contribution in [0.4, 0.5) is 0 Å². The van der Waals surface area contributed by atoms with Gasteiger partial charge in [-0.15, -0.1) is 24.0 Å². The van der Waals surface area contributed by atoms with Crippen LogP contribution < -0.4 is 0 Å². The molecular weight excluding hydrogens is 215 g/mol. The molecule has 1 N–H and O–H groups in total. The van der Waals surface area contributed by atoms with Crippen LogP contribution in [0.1, 0.15) is 32.1 Å². The van der Waals surface area contributed by atoms with Crippen molar-refractivity contribution in [1.82, 2.24) is 0 Å². The second kappa shape index (κ2) is 4.56. The molecule has 50 valence electrons. The molecule has 0 aromatic rings. The van der Waals surface area contributed by atoms with Crippen molar-refractivity contribution in [3.8, 4) is 0 Å². The van der Waals surface area contributed by atoms with E-state index in [0.29, 0.717) is 0 Å². The fourth-order valence-corrected chi connectivity index (χ4v) is 1.08. The van der Waals surface area contributed by atoms with E-state index in [9.17, 15) is 0 Å². The lowest BCUT2D eigenvalue weighted by Crippen LogP contribution is -2.09. The minimum Gasteiger partial charge on any atom is -0.393 e. The Hall–Kier alpha value is 0.690. The third-order valence-electron chi connectivity index (χ3n) is 1.57. The van der Waals surface area contributed by atoms with E-state index in [2.05, 4.69) is 0 Å². The van der Waals surface area contributed by atoms with Gasteiger partial charge in [0.1, 0.15) is 0 Å². The van der Waals surface area contributed by atoms with Gasteiger partial charge in [-0.1, -0.05) is 19.3 Å². The van der Waals surface area contributed by atoms with Crippen LogP contribution in [0.25, 0.3) is 0 Å². The Bertz CT molecular complexity index is 50.5. The zero-order chi connectivity index (χ0) is 5.11. The fraction of sp³-hybridized carbons (Fsp3) is 1.00. The standard InChI is InChI=1S/C6H12O.HI/c7-6-4-2-1-3-5-6;/h6-7H,1-5H2;1H. The van der Waals surface area contributed by atoms with Gasteiger partial charge >= 0.3 is 0 Å². The van der Waals surface area contributed by atoms with Crippen molar-refractivity contribution in [3.05, 3.63) is 0 Å². The van der Waals surface area contributed by atoms with Crippen molar-refractivity contribution in [2.24, 2.45) is 0 Å². The summed E-state index contributed by atoms with van der Waals surface area (Å²) in [6.07, 6.45) is 5.92. The Morgan fingerprint density at radius 1 is 1.00 bits per heavy atom. The van der Waals surface area contributed by atoms with Crippen molar-refractivity contribution in [3.63, 3.8) is 0 Å². The van der Waals surface area contributed by atoms with E-state index in [-0.39, 0.29) is 30.1 Å². The molecule has 1 nitrogen and oxygen atoms in total. The molecule has 0 heterocycles. The van der Waals surface area contributed by atoms with Gasteiger partial charge in [-0.2, -0.15) is 0 Å². The predicted molar refractivity (Wildman–Crippen MR) is 44.5 cm³/mol. The SMILES string of the molecule is I.OC1CCCCC1. The van der Waals surface area contributed by atoms with Crippen LogP contribution in [0.15, 0.2) is 0 Å². The van der Waals surface area contributed by atoms with Gasteiger partial charge in [-0.25, -0.2) is 0 Å². The monoisotopic (exact) mass is 228 g/mol. The Balaban J connectivity index is 0.000000490. The summed E-state index contributed by atoms with van der Waals surface area (Å²) in [6, 6.07) is 0. The molecule has 0 aliphatic heterocycles. The molecule has 0 radical (unpaired) electrons. The number of rotatable bonds is 0. The number of aliphatic hydroxyl groups is 1. The van der Waals surface area contributed by atoms with E-state index in [1.54, 1.807) is 0 Å². The molecule has 1 rings (SSSR count). The molecule has 0 spiro atoms. The Morgan fingerprint density at radius 3 is 1.75 bits per heavy atom. The van der Waals surface area contributed by atoms with Crippen molar-refractivity contribution < 1.29 is 5.11 Å². The summed E-state index contributed by atoms with van der Waals surface area (Å²) in [5.74, 6) is 0. The van der Waals surface area contributed by atoms with Crippen LogP contribution in [-0.4, -0.2) is 11.2 Å². The quantitative estimate of drug-likeness (QED) is 0.628. The van der Waals surface area contributed by atoms with Gasteiger partial charge < -0.3 is 5.11 Å². The van der Waals surface area contributed by atoms with Gasteiger partial charge in [0, 0.05) is 0 Å². The van der Waals surface area contributed by atoms with E-state index in [0.717, 1.165) is 12.8 Å². The smallest absolute Gasteiger partial charge is 0.0540 e. The van der Waals surface area contributed by atoms with Crippen LogP contribution in [-0.2, 0) is 0 Å². The number of halogens is 1. The molecule has 1 fully saturated rings. The molecule has 1 aliphatic rings. The highest BCUT2D eigenvalue weighted by molar-refractivity contribution is 14.0. The van der Waals surface area contributed by atoms with E-state index in [4.69, 9.17) is 5.11 Å². The lowest BCUT2D eigenvalue weighted by Gasteiger charge is -2.14. The zero-order valence-corrected chi connectivity index (χ0v) is 7.30. The fourth-order valence-electron chi connectivity index (χ4n) is 1.08. The molecule has 1 saturated carbocycles. The molecule has 1 aliphatic carbocycles. The maximum absolute atomic E-state index is 8.91. The minimum atomic E-state index is 0. The lowest BCUT2D eigenvalue weighted by atomic mass is 9.98. The van der Waals surface area contributed by atoms with Gasteiger partial charge in [-0.3, -0.25) is 0 Å². The summed E-state index contributed by atoms with van der Waals surface area (Å²) >= 11 is 0. The Kier molecular flexibility index (Phi) is 4.95. The zero-order valence-electron chi connectivity index (χ0n) is 4.97. The topological polar surface area (TPSA) is 20.2 Å². The molecular formula is C6H13IO. The molecule has 2 heteroatoms. The summed E-state index contributed by atoms with van der Waals surface area (Å²) in [5.41, 5.74) is 0. The molecule has 0 aromatic carbocycles. The van der Waals surface area contributed by atoms with Gasteiger partial charge in [0.15, 0.2) is 0 Å². The predicted octanol–water partition coefficient (Wildman–Crippen LogP) is 1.93. The maximum atomic E-state index is 8.91. The van der Waals surface area contributed by atoms with Crippen LogP contribution in [0, 0.1) is 0 Å². The first-order chi connectivity index (χ1) is 3.39. The second-order valence-corrected chi connectivity index (χ2v) is 2.29. The molecule has 0 unspecified atom stereocenters. The number of hydrogen-bond donors (Lipinski definition) is 1. The summed E-state index contributed by atoms with van der Waals surface area (Å²) in [5, 5.41) is 8.91. The maximum Gasteiger partial charge on any atom is 0.0540 e. The third kappa shape index (κ3) is 2.87. The lowest BCUT2D eigenvalue weighted by molar-refractivity contribution is 0.130. The van der Waals surface area contributed by atoms with Gasteiger partial charge in [0.25, 0.3) is 0 Å². The summed E-state index contributed by atoms with van der Waals surface area (Å²) in [7, 11) is 0. The number of aliphatic hydroxyl groups excluding tert-OH is 1. The Morgan fingerprint density at radius 2 is 1.50 bits per heavy atom. The first-order valence-corrected chi connectivity index (χ1v) is 3.07. The molecule has 0 saturated heterocycles. The minimum absolute atomic E-state index is 0. The van der Waals surface area contributed by atoms with E-state index < -0.39 is 0 Å². The summed E-state index contributed by atoms with van der Waals surface area (Å²) < 4.78 is 0. The van der Waals surface area contributed by atoms with E-state index >= 15 is 0 Å². The summed E-state index contributed by atoms with van der Waals surface area (Å²) in [4.78, 5) is 0. The van der Waals surface area contributed by atoms with Crippen LogP contribution in [0.2, 0.25) is 0 Å². The highest BCUT2D eigenvalue weighted by Crippen LogP contribution is 2.16. The van der Waals surface area contributed by atoms with Crippen molar-refractivity contribution >= 4 is 24.0 Å². The number of hydrogen-bond acceptors (Lipinski definition) is 1. The van der Waals surface area contributed by atoms with E-state index in [1.807, 2.05) is 0 Å². The third-order valence-corrected chi connectivity index (χ3v) is 1.57. The molecule has 0 bridgehead atoms. The van der Waals surface area contributed by atoms with Crippen molar-refractivity contribution in [2.45, 2.75) is 38.2 Å². The molecule has 0 atom stereocenters. The van der Waals surface area contributed by atoms with Crippen LogP contribution >= 0.6 is 24.0 Å². The average Bonchev–Trinajstić information content (AvgIpc) is 1.69. The first-order valence-electron chi connectivity index (χ1n) is 3.07. The first kappa shape index (κ1) is 8.69. The van der Waals surface area contributed by atoms with Crippen molar-refractivity contribution in [1.29, 1.82) is 0 Å². The highest BCUT2D eigenvalue weighted by atomic mass is 127. The van der Waals surface area contributed by atoms with Crippen molar-refractivity contribution in [2.75, 3.05) is 0 Å². The molecule has 0 aromatic heterocycles. The summed E-state index contributed by atoms with van der Waals surface area (Å²) in [6.45, 7) is 0. The van der Waals surface area contributed by atoms with Gasteiger partial charge in [0.2, 0.25) is 0 Å². The normalized spacial score (nSPS) is 22.1. The largest absolute Gasteiger partial charge is 0.393 e. The average molecular weight is 228 g/mol. The van der Waals surface area contributed by atoms with Gasteiger partial charge in [0.05, 0.1) is 6.10 Å². The van der Waals surface area contributed by atoms with E-state index in [1.165, 1.54) is 19.3 Å². The van der Waals surface area contributed by atoms with Crippen LogP contribution in [0.3, 0.4) is 0 Å². The Labute approximate surface area is 67.5 Å². The van der Waals surface area contributed by atoms with Gasteiger partial charge in [-0.05, 0) is 12.8 Å². The second-order valence-electron chi connectivity index (χ2n) is 2.29.